The van der Waals surface area contributed by atoms with Gasteiger partial charge >= 0.3 is 0 Å². The fourth-order valence-electron chi connectivity index (χ4n) is 9.06. The van der Waals surface area contributed by atoms with Crippen LogP contribution in [0.15, 0.2) is 35.6 Å². The highest BCUT2D eigenvalue weighted by atomic mass is 16.2. The van der Waals surface area contributed by atoms with E-state index in [9.17, 15) is 9.59 Å². The molecule has 4 aliphatic rings. The molecule has 4 rings (SSSR count). The molecule has 1 heterocycles. The quantitative estimate of drug-likeness (QED) is 0.315. The number of nitrogens with one attached hydrogen (secondary N) is 1. The van der Waals surface area contributed by atoms with Gasteiger partial charge in [0.1, 0.15) is 0 Å². The van der Waals surface area contributed by atoms with Crippen LogP contribution in [-0.2, 0) is 9.59 Å². The summed E-state index contributed by atoms with van der Waals surface area (Å²) in [7, 11) is 0. The largest absolute Gasteiger partial charge is 0.374 e. The van der Waals surface area contributed by atoms with Gasteiger partial charge in [0.2, 0.25) is 5.91 Å². The SMILES string of the molecule is CCCN1CC2C(CC[C@]3(C)C(C(=O)NC(C)/C=C(\C=C/CC(C)(C)C)C(C)(C)C)CCC23)C2(C)CCC(=O)C=C12. The van der Waals surface area contributed by atoms with Crippen molar-refractivity contribution in [1.29, 1.82) is 0 Å². The van der Waals surface area contributed by atoms with Crippen LogP contribution in [0.4, 0.5) is 0 Å². The molecule has 6 unspecified atom stereocenters. The standard InChI is InChI=1S/C37H60N2O2/c1-11-21-39-24-28-29-14-15-31(36(29,9)20-17-30(28)37(10)19-16-27(40)23-32(37)39)33(41)38-25(2)22-26(35(6,7)8)13-12-18-34(3,4)5/h12-13,22-23,25,28-31H,11,14-21,24H2,1-10H3,(H,38,41)/b13-12-,26-22+/t25?,28?,29?,30?,31?,36-,37?/m0/s1. The first-order valence-electron chi connectivity index (χ1n) is 16.7. The van der Waals surface area contributed by atoms with Gasteiger partial charge in [-0.3, -0.25) is 9.59 Å². The Balaban J connectivity index is 1.51. The van der Waals surface area contributed by atoms with E-state index in [1.54, 1.807) is 0 Å². The maximum absolute atomic E-state index is 13.9. The first-order chi connectivity index (χ1) is 19.0. The number of piperidine rings is 1. The Bertz CT molecular complexity index is 1090. The molecule has 0 bridgehead atoms. The van der Waals surface area contributed by atoms with Gasteiger partial charge in [-0.05, 0) is 91.4 Å². The molecule has 0 aromatic rings. The molecule has 4 nitrogen and oxygen atoms in total. The number of allylic oxidation sites excluding steroid dienone is 5. The van der Waals surface area contributed by atoms with E-state index in [-0.39, 0.29) is 39.5 Å². The predicted molar refractivity (Wildman–Crippen MR) is 171 cm³/mol. The number of amides is 1. The third-order valence-electron chi connectivity index (χ3n) is 11.3. The molecule has 1 saturated heterocycles. The van der Waals surface area contributed by atoms with Crippen molar-refractivity contribution in [2.75, 3.05) is 13.1 Å². The zero-order valence-corrected chi connectivity index (χ0v) is 28.0. The van der Waals surface area contributed by atoms with Crippen LogP contribution >= 0.6 is 0 Å². The minimum absolute atomic E-state index is 0.00360. The van der Waals surface area contributed by atoms with Gasteiger partial charge < -0.3 is 10.2 Å². The molecule has 2 saturated carbocycles. The van der Waals surface area contributed by atoms with Crippen LogP contribution in [0, 0.1) is 45.3 Å². The average molecular weight is 565 g/mol. The summed E-state index contributed by atoms with van der Waals surface area (Å²) in [6.07, 6.45) is 17.1. The minimum Gasteiger partial charge on any atom is -0.374 e. The molecule has 0 radical (unpaired) electrons. The maximum Gasteiger partial charge on any atom is 0.224 e. The second kappa shape index (κ2) is 11.7. The topological polar surface area (TPSA) is 49.4 Å². The third-order valence-corrected chi connectivity index (χ3v) is 11.3. The van der Waals surface area contributed by atoms with E-state index in [4.69, 9.17) is 0 Å². The molecule has 1 N–H and O–H groups in total. The second-order valence-corrected chi connectivity index (χ2v) is 16.7. The number of hydrogen-bond acceptors (Lipinski definition) is 3. The highest BCUT2D eigenvalue weighted by molar-refractivity contribution is 5.91. The number of nitrogens with zero attached hydrogens (tertiary/aromatic N) is 1. The molecule has 7 atom stereocenters. The number of likely N-dealkylation sites (tertiary alicyclic amines) is 1. The number of rotatable bonds is 7. The number of fused-ring (bicyclic) bond motifs is 5. The summed E-state index contributed by atoms with van der Waals surface area (Å²) in [6, 6.07) is -0.00360. The Morgan fingerprint density at radius 2 is 1.80 bits per heavy atom. The van der Waals surface area contributed by atoms with Gasteiger partial charge in [0.25, 0.3) is 0 Å². The molecular formula is C37H60N2O2. The summed E-state index contributed by atoms with van der Waals surface area (Å²) in [4.78, 5) is 29.0. The predicted octanol–water partition coefficient (Wildman–Crippen LogP) is 8.49. The highest BCUT2D eigenvalue weighted by Gasteiger charge is 2.61. The normalized spacial score (nSPS) is 35.1. The summed E-state index contributed by atoms with van der Waals surface area (Å²) in [6.45, 7) is 24.9. The van der Waals surface area contributed by atoms with Gasteiger partial charge in [-0.15, -0.1) is 0 Å². The van der Waals surface area contributed by atoms with Crippen LogP contribution in [0.1, 0.15) is 121 Å². The van der Waals surface area contributed by atoms with E-state index in [1.807, 2.05) is 6.08 Å². The van der Waals surface area contributed by atoms with Crippen molar-refractivity contribution in [1.82, 2.24) is 10.2 Å². The number of carbonyl (C=O) groups excluding carboxylic acids is 2. The molecule has 41 heavy (non-hydrogen) atoms. The van der Waals surface area contributed by atoms with Gasteiger partial charge in [0, 0.05) is 48.7 Å². The second-order valence-electron chi connectivity index (χ2n) is 16.7. The molecule has 0 spiro atoms. The lowest BCUT2D eigenvalue weighted by atomic mass is 9.49. The van der Waals surface area contributed by atoms with E-state index in [2.05, 4.69) is 97.7 Å². The molecular weight excluding hydrogens is 504 g/mol. The minimum atomic E-state index is -0.00360. The lowest BCUT2D eigenvalue weighted by Crippen LogP contribution is -2.58. The zero-order valence-electron chi connectivity index (χ0n) is 28.0. The van der Waals surface area contributed by atoms with Crippen LogP contribution in [0.25, 0.3) is 0 Å². The molecule has 1 aliphatic heterocycles. The van der Waals surface area contributed by atoms with E-state index in [0.717, 1.165) is 51.6 Å². The van der Waals surface area contributed by atoms with Crippen molar-refractivity contribution in [2.24, 2.45) is 45.3 Å². The molecule has 4 heteroatoms. The molecule has 3 fully saturated rings. The summed E-state index contributed by atoms with van der Waals surface area (Å²) in [5.74, 6) is 2.43. The van der Waals surface area contributed by atoms with Crippen molar-refractivity contribution < 1.29 is 9.59 Å². The third kappa shape index (κ3) is 6.57. The van der Waals surface area contributed by atoms with E-state index in [1.165, 1.54) is 17.7 Å². The number of carbonyl (C=O) groups is 2. The van der Waals surface area contributed by atoms with Crippen LogP contribution in [0.5, 0.6) is 0 Å². The Kier molecular flexibility index (Phi) is 9.14. The fraction of sp³-hybridized carbons (Fsp3) is 0.784. The first kappa shape index (κ1) is 32.1. The molecule has 0 aromatic heterocycles. The van der Waals surface area contributed by atoms with Gasteiger partial charge in [-0.2, -0.15) is 0 Å². The number of ketones is 1. The van der Waals surface area contributed by atoms with Crippen LogP contribution in [0.3, 0.4) is 0 Å². The molecule has 0 aromatic carbocycles. The van der Waals surface area contributed by atoms with E-state index < -0.39 is 0 Å². The summed E-state index contributed by atoms with van der Waals surface area (Å²) >= 11 is 0. The lowest BCUT2D eigenvalue weighted by molar-refractivity contribution is -0.134. The Morgan fingerprint density at radius 3 is 2.44 bits per heavy atom. The Labute approximate surface area is 251 Å². The van der Waals surface area contributed by atoms with Crippen molar-refractivity contribution in [2.45, 2.75) is 127 Å². The smallest absolute Gasteiger partial charge is 0.224 e. The Morgan fingerprint density at radius 1 is 1.10 bits per heavy atom. The monoisotopic (exact) mass is 564 g/mol. The van der Waals surface area contributed by atoms with Crippen molar-refractivity contribution in [3.8, 4) is 0 Å². The van der Waals surface area contributed by atoms with Crippen LogP contribution in [0.2, 0.25) is 0 Å². The van der Waals surface area contributed by atoms with Crippen LogP contribution < -0.4 is 5.32 Å². The van der Waals surface area contributed by atoms with E-state index >= 15 is 0 Å². The van der Waals surface area contributed by atoms with Gasteiger partial charge in [-0.25, -0.2) is 0 Å². The highest BCUT2D eigenvalue weighted by Crippen LogP contribution is 2.65. The molecule has 230 valence electrons. The Hall–Kier alpha value is -1.84. The fourth-order valence-corrected chi connectivity index (χ4v) is 9.06. The van der Waals surface area contributed by atoms with Gasteiger partial charge in [-0.1, -0.05) is 80.5 Å². The summed E-state index contributed by atoms with van der Waals surface area (Å²) in [5.41, 5.74) is 3.04. The summed E-state index contributed by atoms with van der Waals surface area (Å²) in [5, 5.41) is 3.44. The van der Waals surface area contributed by atoms with Crippen molar-refractivity contribution in [3.05, 3.63) is 35.6 Å². The van der Waals surface area contributed by atoms with Crippen molar-refractivity contribution in [3.63, 3.8) is 0 Å². The van der Waals surface area contributed by atoms with E-state index in [0.29, 0.717) is 30.0 Å². The molecule has 3 aliphatic carbocycles. The summed E-state index contributed by atoms with van der Waals surface area (Å²) < 4.78 is 0. The first-order valence-corrected chi connectivity index (χ1v) is 16.7. The van der Waals surface area contributed by atoms with Crippen LogP contribution in [-0.4, -0.2) is 35.7 Å². The lowest BCUT2D eigenvalue weighted by Gasteiger charge is -2.60. The van der Waals surface area contributed by atoms with Gasteiger partial charge in [0.15, 0.2) is 5.78 Å². The average Bonchev–Trinajstić information content (AvgIpc) is 3.21. The zero-order chi connectivity index (χ0) is 30.4. The molecule has 1 amide bonds. The van der Waals surface area contributed by atoms with Gasteiger partial charge in [0.05, 0.1) is 0 Å². The number of hydrogen-bond donors (Lipinski definition) is 1. The maximum atomic E-state index is 13.9. The van der Waals surface area contributed by atoms with Crippen molar-refractivity contribution >= 4 is 11.7 Å².